The van der Waals surface area contributed by atoms with Crippen LogP contribution in [0.15, 0.2) is 0 Å². The standard InChI is InChI=1S/C15H28N2O3/c1-5-8-14(4,12(18)19)16-13(20)17-10-9-15(6-2,7-3)11-17/h5-11H2,1-4H3,(H,16,20)(H,18,19). The molecule has 1 heterocycles. The molecule has 0 spiro atoms. The number of rotatable bonds is 6. The second-order valence-corrected chi connectivity index (χ2v) is 6.20. The number of carbonyl (C=O) groups is 2. The Kier molecular flexibility index (Phi) is 5.42. The first kappa shape index (κ1) is 16.8. The smallest absolute Gasteiger partial charge is 0.329 e. The summed E-state index contributed by atoms with van der Waals surface area (Å²) in [6.07, 6.45) is 4.27. The molecule has 5 heteroatoms. The third-order valence-electron chi connectivity index (χ3n) is 4.83. The number of carboxylic acid groups (broad SMARTS) is 1. The van der Waals surface area contributed by atoms with E-state index < -0.39 is 11.5 Å². The lowest BCUT2D eigenvalue weighted by molar-refractivity contribution is -0.144. The summed E-state index contributed by atoms with van der Waals surface area (Å²) < 4.78 is 0. The molecule has 2 N–H and O–H groups in total. The fourth-order valence-electron chi connectivity index (χ4n) is 2.97. The molecule has 0 radical (unpaired) electrons. The Morgan fingerprint density at radius 3 is 2.30 bits per heavy atom. The van der Waals surface area contributed by atoms with Gasteiger partial charge in [-0.15, -0.1) is 0 Å². The number of carboxylic acids is 1. The molecule has 1 fully saturated rings. The average molecular weight is 284 g/mol. The maximum absolute atomic E-state index is 12.3. The van der Waals surface area contributed by atoms with Crippen LogP contribution in [0.4, 0.5) is 4.79 Å². The van der Waals surface area contributed by atoms with Crippen molar-refractivity contribution in [1.29, 1.82) is 0 Å². The predicted octanol–water partition coefficient (Wildman–Crippen LogP) is 2.85. The number of nitrogens with zero attached hydrogens (tertiary/aromatic N) is 1. The van der Waals surface area contributed by atoms with E-state index in [1.807, 2.05) is 6.92 Å². The highest BCUT2D eigenvalue weighted by atomic mass is 16.4. The lowest BCUT2D eigenvalue weighted by atomic mass is 9.82. The molecule has 1 aliphatic heterocycles. The van der Waals surface area contributed by atoms with Crippen molar-refractivity contribution in [2.45, 2.75) is 65.3 Å². The van der Waals surface area contributed by atoms with Gasteiger partial charge in [0, 0.05) is 13.1 Å². The molecule has 5 nitrogen and oxygen atoms in total. The first-order chi connectivity index (χ1) is 9.32. The third kappa shape index (κ3) is 3.44. The maximum atomic E-state index is 12.3. The van der Waals surface area contributed by atoms with Crippen molar-refractivity contribution in [2.75, 3.05) is 13.1 Å². The van der Waals surface area contributed by atoms with Gasteiger partial charge in [-0.3, -0.25) is 0 Å². The quantitative estimate of drug-likeness (QED) is 0.788. The molecule has 1 saturated heterocycles. The largest absolute Gasteiger partial charge is 0.480 e. The van der Waals surface area contributed by atoms with Gasteiger partial charge in [0.1, 0.15) is 5.54 Å². The second-order valence-electron chi connectivity index (χ2n) is 6.20. The fourth-order valence-corrected chi connectivity index (χ4v) is 2.97. The summed E-state index contributed by atoms with van der Waals surface area (Å²) in [4.78, 5) is 25.4. The minimum atomic E-state index is -1.17. The molecular weight excluding hydrogens is 256 g/mol. The SMILES string of the molecule is CCCC(C)(NC(=O)N1CCC(CC)(CC)C1)C(=O)O. The van der Waals surface area contributed by atoms with Crippen LogP contribution < -0.4 is 5.32 Å². The van der Waals surface area contributed by atoms with E-state index in [1.54, 1.807) is 11.8 Å². The summed E-state index contributed by atoms with van der Waals surface area (Å²) in [5.41, 5.74) is -0.961. The average Bonchev–Trinajstić information content (AvgIpc) is 2.84. The topological polar surface area (TPSA) is 69.6 Å². The van der Waals surface area contributed by atoms with E-state index in [0.29, 0.717) is 6.42 Å². The van der Waals surface area contributed by atoms with E-state index in [1.165, 1.54) is 0 Å². The molecule has 0 saturated carbocycles. The van der Waals surface area contributed by atoms with Crippen LogP contribution in [0.3, 0.4) is 0 Å². The first-order valence-electron chi connectivity index (χ1n) is 7.63. The van der Waals surface area contributed by atoms with Gasteiger partial charge in [0.15, 0.2) is 0 Å². The Morgan fingerprint density at radius 1 is 1.30 bits per heavy atom. The number of likely N-dealkylation sites (tertiary alicyclic amines) is 1. The third-order valence-corrected chi connectivity index (χ3v) is 4.83. The normalized spacial score (nSPS) is 20.5. The monoisotopic (exact) mass is 284 g/mol. The van der Waals surface area contributed by atoms with E-state index in [-0.39, 0.29) is 11.4 Å². The van der Waals surface area contributed by atoms with E-state index >= 15 is 0 Å². The van der Waals surface area contributed by atoms with Crippen LogP contribution in [-0.2, 0) is 4.79 Å². The van der Waals surface area contributed by atoms with Gasteiger partial charge in [-0.2, -0.15) is 0 Å². The molecule has 1 atom stereocenters. The Labute approximate surface area is 121 Å². The molecule has 116 valence electrons. The van der Waals surface area contributed by atoms with Crippen LogP contribution in [0, 0.1) is 5.41 Å². The van der Waals surface area contributed by atoms with Crippen LogP contribution >= 0.6 is 0 Å². The van der Waals surface area contributed by atoms with Gasteiger partial charge >= 0.3 is 12.0 Å². The van der Waals surface area contributed by atoms with Gasteiger partial charge in [0.25, 0.3) is 0 Å². The molecule has 0 aliphatic carbocycles. The number of urea groups is 1. The van der Waals surface area contributed by atoms with Gasteiger partial charge in [-0.1, -0.05) is 27.2 Å². The zero-order valence-electron chi connectivity index (χ0n) is 13.2. The summed E-state index contributed by atoms with van der Waals surface area (Å²) in [7, 11) is 0. The molecule has 0 aromatic carbocycles. The molecule has 20 heavy (non-hydrogen) atoms. The Bertz CT molecular complexity index is 366. The molecule has 0 bridgehead atoms. The number of carbonyl (C=O) groups excluding carboxylic acids is 1. The van der Waals surface area contributed by atoms with E-state index in [9.17, 15) is 14.7 Å². The van der Waals surface area contributed by atoms with Crippen LogP contribution in [0.25, 0.3) is 0 Å². The fraction of sp³-hybridized carbons (Fsp3) is 0.867. The van der Waals surface area contributed by atoms with Crippen LogP contribution in [0.5, 0.6) is 0 Å². The maximum Gasteiger partial charge on any atom is 0.329 e. The molecule has 0 aromatic heterocycles. The van der Waals surface area contributed by atoms with Gasteiger partial charge in [0.05, 0.1) is 0 Å². The molecule has 0 aromatic rings. The number of hydrogen-bond donors (Lipinski definition) is 2. The van der Waals surface area contributed by atoms with Crippen molar-refractivity contribution in [3.05, 3.63) is 0 Å². The van der Waals surface area contributed by atoms with Crippen LogP contribution in [-0.4, -0.2) is 40.6 Å². The number of amides is 2. The first-order valence-corrected chi connectivity index (χ1v) is 7.63. The molecule has 1 rings (SSSR count). The Balaban J connectivity index is 2.70. The van der Waals surface area contributed by atoms with Crippen LogP contribution in [0.1, 0.15) is 59.8 Å². The summed E-state index contributed by atoms with van der Waals surface area (Å²) in [5, 5.41) is 12.0. The van der Waals surface area contributed by atoms with Gasteiger partial charge in [-0.25, -0.2) is 9.59 Å². The summed E-state index contributed by atoms with van der Waals surface area (Å²) in [6, 6.07) is -0.243. The minimum Gasteiger partial charge on any atom is -0.480 e. The van der Waals surface area contributed by atoms with Crippen molar-refractivity contribution < 1.29 is 14.7 Å². The summed E-state index contributed by atoms with van der Waals surface area (Å²) >= 11 is 0. The Hall–Kier alpha value is -1.26. The second kappa shape index (κ2) is 6.46. The number of aliphatic carboxylic acids is 1. The van der Waals surface area contributed by atoms with Crippen molar-refractivity contribution >= 4 is 12.0 Å². The van der Waals surface area contributed by atoms with Crippen molar-refractivity contribution in [1.82, 2.24) is 10.2 Å². The van der Waals surface area contributed by atoms with E-state index in [4.69, 9.17) is 0 Å². The minimum absolute atomic E-state index is 0.210. The van der Waals surface area contributed by atoms with Gasteiger partial charge in [-0.05, 0) is 38.0 Å². The lowest BCUT2D eigenvalue weighted by Gasteiger charge is -2.30. The summed E-state index contributed by atoms with van der Waals surface area (Å²) in [6.45, 7) is 9.26. The summed E-state index contributed by atoms with van der Waals surface area (Å²) in [5.74, 6) is -0.968. The highest BCUT2D eigenvalue weighted by Crippen LogP contribution is 2.37. The van der Waals surface area contributed by atoms with Crippen LogP contribution in [0.2, 0.25) is 0 Å². The molecular formula is C15H28N2O3. The molecule has 2 amide bonds. The zero-order chi connectivity index (χ0) is 15.4. The van der Waals surface area contributed by atoms with Gasteiger partial charge < -0.3 is 15.3 Å². The van der Waals surface area contributed by atoms with E-state index in [0.717, 1.165) is 38.8 Å². The lowest BCUT2D eigenvalue weighted by Crippen LogP contribution is -2.55. The van der Waals surface area contributed by atoms with Crippen molar-refractivity contribution in [3.63, 3.8) is 0 Å². The zero-order valence-corrected chi connectivity index (χ0v) is 13.2. The molecule has 1 aliphatic rings. The van der Waals surface area contributed by atoms with Crippen molar-refractivity contribution in [3.8, 4) is 0 Å². The van der Waals surface area contributed by atoms with Gasteiger partial charge in [0.2, 0.25) is 0 Å². The number of nitrogens with one attached hydrogen (secondary N) is 1. The predicted molar refractivity (Wildman–Crippen MR) is 78.7 cm³/mol. The van der Waals surface area contributed by atoms with Crippen molar-refractivity contribution in [2.24, 2.45) is 5.41 Å². The Morgan fingerprint density at radius 2 is 1.90 bits per heavy atom. The van der Waals surface area contributed by atoms with E-state index in [2.05, 4.69) is 19.2 Å². The highest BCUT2D eigenvalue weighted by molar-refractivity contribution is 5.86. The highest BCUT2D eigenvalue weighted by Gasteiger charge is 2.40. The molecule has 1 unspecified atom stereocenters. The number of hydrogen-bond acceptors (Lipinski definition) is 2.